The standard InChI is InChI=1S/C6H5.C4H9.C2H5.ClH.Sn/c1-2-4-6-5-3-1;1-4(2)3;1-2;;/h1-5H;1-3H3;1H2,2H3;1H;/q;;;;+1/p-1. The molecule has 0 aliphatic rings. The van der Waals surface area contributed by atoms with Crippen molar-refractivity contribution in [2.24, 2.45) is 0 Å². The molecular weight excluding hydrogens is 298 g/mol. The van der Waals surface area contributed by atoms with Gasteiger partial charge in [-0.05, 0) is 0 Å². The van der Waals surface area contributed by atoms with E-state index in [4.69, 9.17) is 8.92 Å². The summed E-state index contributed by atoms with van der Waals surface area (Å²) < 4.78 is 2.87. The van der Waals surface area contributed by atoms with Gasteiger partial charge in [-0.3, -0.25) is 0 Å². The molecule has 14 heavy (non-hydrogen) atoms. The second-order valence-corrected chi connectivity index (χ2v) is 21.6. The van der Waals surface area contributed by atoms with Crippen LogP contribution in [0.15, 0.2) is 30.3 Å². The van der Waals surface area contributed by atoms with Crippen molar-refractivity contribution in [1.82, 2.24) is 0 Å². The predicted octanol–water partition coefficient (Wildman–Crippen LogP) is 3.90. The van der Waals surface area contributed by atoms with Crippen molar-refractivity contribution in [3.8, 4) is 0 Å². The first-order valence-electron chi connectivity index (χ1n) is 5.16. The minimum absolute atomic E-state index is 0.284. The molecular formula is C12H19ClSn. The monoisotopic (exact) mass is 318 g/mol. The zero-order chi connectivity index (χ0) is 10.8. The fourth-order valence-electron chi connectivity index (χ4n) is 1.87. The first-order chi connectivity index (χ1) is 6.42. The van der Waals surface area contributed by atoms with Crippen LogP contribution >= 0.6 is 8.92 Å². The van der Waals surface area contributed by atoms with E-state index >= 15 is 0 Å². The number of hydrogen-bond donors (Lipinski definition) is 0. The van der Waals surface area contributed by atoms with E-state index in [1.165, 1.54) is 3.58 Å². The van der Waals surface area contributed by atoms with Crippen molar-refractivity contribution in [3.05, 3.63) is 30.3 Å². The molecule has 1 unspecified atom stereocenters. The molecule has 1 aromatic rings. The van der Waals surface area contributed by atoms with Gasteiger partial charge in [0.25, 0.3) is 0 Å². The topological polar surface area (TPSA) is 0 Å². The van der Waals surface area contributed by atoms with Crippen LogP contribution in [0.3, 0.4) is 0 Å². The second-order valence-electron chi connectivity index (χ2n) is 4.77. The molecule has 1 atom stereocenters. The van der Waals surface area contributed by atoms with Gasteiger partial charge in [-0.15, -0.1) is 0 Å². The SMILES string of the molecule is C[CH2][Sn]([Cl])([c]1ccccc1)[C](C)(C)C. The Labute approximate surface area is 95.3 Å². The fraction of sp³-hybridized carbons (Fsp3) is 0.500. The van der Waals surface area contributed by atoms with Gasteiger partial charge in [-0.2, -0.15) is 0 Å². The molecule has 0 amide bonds. The van der Waals surface area contributed by atoms with Crippen molar-refractivity contribution in [2.45, 2.75) is 35.6 Å². The first kappa shape index (κ1) is 12.4. The van der Waals surface area contributed by atoms with Crippen molar-refractivity contribution in [2.75, 3.05) is 0 Å². The molecule has 0 heterocycles. The van der Waals surface area contributed by atoms with Gasteiger partial charge < -0.3 is 0 Å². The number of hydrogen-bond acceptors (Lipinski definition) is 0. The summed E-state index contributed by atoms with van der Waals surface area (Å²) >= 11 is -2.63. The summed E-state index contributed by atoms with van der Waals surface area (Å²) in [6, 6.07) is 10.7. The zero-order valence-corrected chi connectivity index (χ0v) is 13.1. The Morgan fingerprint density at radius 2 is 1.64 bits per heavy atom. The Balaban J connectivity index is 3.15. The van der Waals surface area contributed by atoms with E-state index in [0.29, 0.717) is 0 Å². The third kappa shape index (κ3) is 2.27. The van der Waals surface area contributed by atoms with Crippen molar-refractivity contribution >= 4 is 29.8 Å². The third-order valence-electron chi connectivity index (χ3n) is 2.91. The number of benzene rings is 1. The van der Waals surface area contributed by atoms with Gasteiger partial charge in [0.2, 0.25) is 0 Å². The zero-order valence-electron chi connectivity index (χ0n) is 9.47. The van der Waals surface area contributed by atoms with Crippen LogP contribution in [0.2, 0.25) is 7.87 Å². The van der Waals surface area contributed by atoms with Gasteiger partial charge in [0.05, 0.1) is 0 Å². The number of halogens is 1. The molecule has 78 valence electrons. The maximum atomic E-state index is 6.94. The summed E-state index contributed by atoms with van der Waals surface area (Å²) in [5.74, 6) is 0. The molecule has 0 bridgehead atoms. The van der Waals surface area contributed by atoms with Gasteiger partial charge in [-0.25, -0.2) is 0 Å². The van der Waals surface area contributed by atoms with Gasteiger partial charge >= 0.3 is 95.6 Å². The molecule has 0 saturated carbocycles. The Morgan fingerprint density at radius 1 is 1.14 bits per heavy atom. The second kappa shape index (κ2) is 4.44. The normalized spacial score (nSPS) is 16.4. The fourth-order valence-corrected chi connectivity index (χ4v) is 11.4. The Bertz CT molecular complexity index is 289. The average Bonchev–Trinajstić information content (AvgIpc) is 2.16. The number of rotatable bonds is 2. The van der Waals surface area contributed by atoms with E-state index < -0.39 is 17.3 Å². The summed E-state index contributed by atoms with van der Waals surface area (Å²) in [5.41, 5.74) is 0. The third-order valence-corrected chi connectivity index (χ3v) is 23.1. The van der Waals surface area contributed by atoms with Gasteiger partial charge in [0.15, 0.2) is 0 Å². The Morgan fingerprint density at radius 3 is 2.00 bits per heavy atom. The molecule has 2 heteroatoms. The van der Waals surface area contributed by atoms with E-state index in [-0.39, 0.29) is 3.43 Å². The van der Waals surface area contributed by atoms with Crippen molar-refractivity contribution < 1.29 is 0 Å². The summed E-state index contributed by atoms with van der Waals surface area (Å²) in [6.45, 7) is 9.09. The maximum absolute atomic E-state index is 6.94. The summed E-state index contributed by atoms with van der Waals surface area (Å²) in [6.07, 6.45) is 0. The molecule has 0 aliphatic carbocycles. The molecule has 1 rings (SSSR count). The van der Waals surface area contributed by atoms with Gasteiger partial charge in [-0.1, -0.05) is 0 Å². The molecule has 0 nitrogen and oxygen atoms in total. The van der Waals surface area contributed by atoms with E-state index in [9.17, 15) is 0 Å². The van der Waals surface area contributed by atoms with Crippen LogP contribution in [0.5, 0.6) is 0 Å². The van der Waals surface area contributed by atoms with Crippen LogP contribution in [0.1, 0.15) is 27.7 Å². The summed E-state index contributed by atoms with van der Waals surface area (Å²) in [7, 11) is 6.94. The molecule has 0 spiro atoms. The van der Waals surface area contributed by atoms with E-state index in [2.05, 4.69) is 58.0 Å². The molecule has 0 N–H and O–H groups in total. The van der Waals surface area contributed by atoms with Crippen LogP contribution < -0.4 is 3.58 Å². The molecule has 0 aliphatic heterocycles. The van der Waals surface area contributed by atoms with Crippen LogP contribution in [0, 0.1) is 0 Å². The van der Waals surface area contributed by atoms with Crippen LogP contribution in [-0.2, 0) is 0 Å². The van der Waals surface area contributed by atoms with Gasteiger partial charge in [0, 0.05) is 0 Å². The van der Waals surface area contributed by atoms with E-state index in [1.54, 1.807) is 0 Å². The quantitative estimate of drug-likeness (QED) is 0.726. The average molecular weight is 317 g/mol. The van der Waals surface area contributed by atoms with Crippen LogP contribution in [-0.4, -0.2) is 17.3 Å². The molecule has 0 saturated heterocycles. The van der Waals surface area contributed by atoms with Crippen LogP contribution in [0.4, 0.5) is 0 Å². The summed E-state index contributed by atoms with van der Waals surface area (Å²) in [4.78, 5) is 0. The first-order valence-corrected chi connectivity index (χ1v) is 13.6. The molecule has 0 aromatic heterocycles. The summed E-state index contributed by atoms with van der Waals surface area (Å²) in [5, 5.41) is 0. The molecule has 0 radical (unpaired) electrons. The van der Waals surface area contributed by atoms with Crippen molar-refractivity contribution in [3.63, 3.8) is 0 Å². The Hall–Kier alpha value is 0.309. The molecule has 0 fully saturated rings. The van der Waals surface area contributed by atoms with E-state index in [0.717, 1.165) is 4.44 Å². The Kier molecular flexibility index (Phi) is 3.93. The minimum atomic E-state index is -2.63. The van der Waals surface area contributed by atoms with Crippen LogP contribution in [0.25, 0.3) is 0 Å². The predicted molar refractivity (Wildman–Crippen MR) is 67.9 cm³/mol. The molecule has 1 aromatic carbocycles. The van der Waals surface area contributed by atoms with Gasteiger partial charge in [0.1, 0.15) is 0 Å². The van der Waals surface area contributed by atoms with E-state index in [1.807, 2.05) is 0 Å². The van der Waals surface area contributed by atoms with Crippen molar-refractivity contribution in [1.29, 1.82) is 0 Å².